The van der Waals surface area contributed by atoms with Crippen molar-refractivity contribution in [1.82, 2.24) is 0 Å². The third-order valence-electron chi connectivity index (χ3n) is 10.2. The first-order valence-electron chi connectivity index (χ1n) is 13.3. The minimum Gasteiger partial charge on any atom is -0.244 e. The van der Waals surface area contributed by atoms with E-state index in [0.717, 1.165) is 20.8 Å². The van der Waals surface area contributed by atoms with Crippen molar-refractivity contribution in [2.24, 2.45) is 28.1 Å². The van der Waals surface area contributed by atoms with Gasteiger partial charge < -0.3 is 0 Å². The molecule has 8 atom stereocenters. The van der Waals surface area contributed by atoms with E-state index in [1.165, 1.54) is 0 Å². The summed E-state index contributed by atoms with van der Waals surface area (Å²) in [5, 5.41) is 0. The zero-order valence-electron chi connectivity index (χ0n) is 24.9. The van der Waals surface area contributed by atoms with Crippen molar-refractivity contribution >= 4 is 0 Å². The summed E-state index contributed by atoms with van der Waals surface area (Å²) in [6.45, 7) is 3.88. The Labute approximate surface area is 239 Å². The standard InChI is InChI=1S/C27H36F16/c1-13(15(28)21(31)12-23(33,34)18(9,29)24(21,35)25(36,37)17(6,7)8)14(2)20(30)10-19(26(38,39)40,27(41,42)43)11-22(20,32)16(3,4)5/h13-15H,10-12H2,1-9H3. The van der Waals surface area contributed by atoms with E-state index in [0.29, 0.717) is 34.6 Å². The predicted octanol–water partition coefficient (Wildman–Crippen LogP) is 10.8. The SMILES string of the molecule is CC(C(C)C1(F)CC(C(F)(F)F)(C(F)(F)F)CC1(F)C(C)(C)C)C(F)C1(F)CC(F)(F)C(C)(F)C1(F)C(F)(F)C(C)(C)C. The molecule has 0 radical (unpaired) electrons. The van der Waals surface area contributed by atoms with Gasteiger partial charge in [-0.05, 0) is 24.2 Å². The largest absolute Gasteiger partial charge is 0.403 e. The lowest BCUT2D eigenvalue weighted by Crippen LogP contribution is -2.72. The Hall–Kier alpha value is -1.12. The van der Waals surface area contributed by atoms with E-state index < -0.39 is 113 Å². The van der Waals surface area contributed by atoms with Gasteiger partial charge in [0.05, 0.1) is 6.42 Å². The first-order chi connectivity index (χ1) is 18.3. The predicted molar refractivity (Wildman–Crippen MR) is 125 cm³/mol. The van der Waals surface area contributed by atoms with E-state index in [-0.39, 0.29) is 0 Å². The third-order valence-corrected chi connectivity index (χ3v) is 10.2. The molecule has 0 saturated heterocycles. The van der Waals surface area contributed by atoms with Gasteiger partial charge in [-0.25, -0.2) is 43.9 Å². The van der Waals surface area contributed by atoms with Gasteiger partial charge in [-0.2, -0.15) is 26.3 Å². The minimum atomic E-state index is -6.34. The highest BCUT2D eigenvalue weighted by atomic mass is 19.4. The Morgan fingerprint density at radius 3 is 1.33 bits per heavy atom. The molecule has 0 aliphatic heterocycles. The summed E-state index contributed by atoms with van der Waals surface area (Å²) in [6, 6.07) is 0. The van der Waals surface area contributed by atoms with Crippen molar-refractivity contribution < 1.29 is 70.2 Å². The van der Waals surface area contributed by atoms with Gasteiger partial charge >= 0.3 is 12.4 Å². The van der Waals surface area contributed by atoms with Crippen LogP contribution < -0.4 is 0 Å². The van der Waals surface area contributed by atoms with Crippen LogP contribution in [-0.4, -0.2) is 58.7 Å². The van der Waals surface area contributed by atoms with Crippen LogP contribution in [0.25, 0.3) is 0 Å². The van der Waals surface area contributed by atoms with Crippen LogP contribution in [0, 0.1) is 28.1 Å². The quantitative estimate of drug-likeness (QED) is 0.257. The number of alkyl halides is 16. The van der Waals surface area contributed by atoms with Crippen molar-refractivity contribution in [3.05, 3.63) is 0 Å². The average Bonchev–Trinajstić information content (AvgIpc) is 3.11. The Morgan fingerprint density at radius 2 is 1.00 bits per heavy atom. The van der Waals surface area contributed by atoms with Crippen LogP contribution in [0.1, 0.15) is 81.6 Å². The summed E-state index contributed by atoms with van der Waals surface area (Å²) in [6.07, 6.45) is -25.0. The molecule has 16 heteroatoms. The van der Waals surface area contributed by atoms with Crippen LogP contribution in [0.15, 0.2) is 0 Å². The molecular formula is C27H36F16. The van der Waals surface area contributed by atoms with Crippen molar-refractivity contribution in [3.63, 3.8) is 0 Å². The van der Waals surface area contributed by atoms with E-state index in [1.807, 2.05) is 0 Å². The highest BCUT2D eigenvalue weighted by Crippen LogP contribution is 2.74. The lowest BCUT2D eigenvalue weighted by atomic mass is 9.61. The summed E-state index contributed by atoms with van der Waals surface area (Å²) in [5.74, 6) is -16.4. The smallest absolute Gasteiger partial charge is 0.244 e. The molecule has 0 bridgehead atoms. The van der Waals surface area contributed by atoms with Crippen molar-refractivity contribution in [3.8, 4) is 0 Å². The first-order valence-corrected chi connectivity index (χ1v) is 13.3. The van der Waals surface area contributed by atoms with Crippen molar-refractivity contribution in [1.29, 1.82) is 0 Å². The van der Waals surface area contributed by atoms with Gasteiger partial charge in [0.2, 0.25) is 11.3 Å². The average molecular weight is 665 g/mol. The second kappa shape index (κ2) is 9.47. The molecule has 2 aliphatic carbocycles. The zero-order valence-corrected chi connectivity index (χ0v) is 24.9. The van der Waals surface area contributed by atoms with E-state index in [2.05, 4.69) is 0 Å². The Morgan fingerprint density at radius 1 is 0.605 bits per heavy atom. The van der Waals surface area contributed by atoms with Crippen LogP contribution in [0.3, 0.4) is 0 Å². The second-order valence-electron chi connectivity index (χ2n) is 14.6. The molecule has 2 rings (SSSR count). The molecule has 43 heavy (non-hydrogen) atoms. The van der Waals surface area contributed by atoms with Crippen molar-refractivity contribution in [2.75, 3.05) is 0 Å². The van der Waals surface area contributed by atoms with Crippen LogP contribution in [0.4, 0.5) is 70.2 Å². The molecule has 0 heterocycles. The van der Waals surface area contributed by atoms with Gasteiger partial charge in [-0.3, -0.25) is 0 Å². The molecule has 2 saturated carbocycles. The molecule has 0 N–H and O–H groups in total. The fourth-order valence-corrected chi connectivity index (χ4v) is 6.88. The van der Waals surface area contributed by atoms with E-state index >= 15 is 35.1 Å². The highest BCUT2D eigenvalue weighted by Gasteiger charge is 2.92. The van der Waals surface area contributed by atoms with Gasteiger partial charge in [0.1, 0.15) is 11.8 Å². The van der Waals surface area contributed by atoms with Crippen molar-refractivity contribution in [2.45, 2.75) is 140 Å². The summed E-state index contributed by atoms with van der Waals surface area (Å²) in [7, 11) is 0. The van der Waals surface area contributed by atoms with Gasteiger partial charge in [-0.15, -0.1) is 0 Å². The topological polar surface area (TPSA) is 0 Å². The molecule has 0 spiro atoms. The molecule has 2 fully saturated rings. The number of hydrogen-bond donors (Lipinski definition) is 0. The Balaban J connectivity index is 2.85. The lowest BCUT2D eigenvalue weighted by Gasteiger charge is -2.51. The van der Waals surface area contributed by atoms with E-state index in [4.69, 9.17) is 0 Å². The number of halogens is 16. The highest BCUT2D eigenvalue weighted by molar-refractivity contribution is 5.33. The lowest BCUT2D eigenvalue weighted by molar-refractivity contribution is -0.343. The summed E-state index contributed by atoms with van der Waals surface area (Å²) < 4.78 is 242. The molecular weight excluding hydrogens is 628 g/mol. The molecule has 256 valence electrons. The summed E-state index contributed by atoms with van der Waals surface area (Å²) >= 11 is 0. The van der Waals surface area contributed by atoms with Crippen LogP contribution in [0.5, 0.6) is 0 Å². The second-order valence-corrected chi connectivity index (χ2v) is 14.6. The normalized spacial score (nSPS) is 39.6. The fraction of sp³-hybridized carbons (Fsp3) is 1.00. The molecule has 0 aromatic rings. The van der Waals surface area contributed by atoms with E-state index in [1.54, 1.807) is 0 Å². The van der Waals surface area contributed by atoms with Gasteiger partial charge in [0.15, 0.2) is 16.8 Å². The summed E-state index contributed by atoms with van der Waals surface area (Å²) in [5.41, 5.74) is -34.9. The van der Waals surface area contributed by atoms with Crippen LogP contribution in [0.2, 0.25) is 0 Å². The van der Waals surface area contributed by atoms with E-state index in [9.17, 15) is 35.1 Å². The monoisotopic (exact) mass is 664 g/mol. The number of rotatable bonds is 5. The fourth-order valence-electron chi connectivity index (χ4n) is 6.88. The third kappa shape index (κ3) is 4.45. The van der Waals surface area contributed by atoms with Crippen LogP contribution in [-0.2, 0) is 0 Å². The number of hydrogen-bond acceptors (Lipinski definition) is 0. The maximum atomic E-state index is 16.8. The maximum Gasteiger partial charge on any atom is 0.403 e. The molecule has 0 aromatic carbocycles. The molecule has 8 unspecified atom stereocenters. The first kappa shape index (κ1) is 38.1. The molecule has 2 aliphatic rings. The summed E-state index contributed by atoms with van der Waals surface area (Å²) in [4.78, 5) is 0. The maximum absolute atomic E-state index is 16.8. The zero-order chi connectivity index (χ0) is 34.9. The molecule has 0 amide bonds. The molecule has 0 nitrogen and oxygen atoms in total. The minimum absolute atomic E-state index is 0.309. The van der Waals surface area contributed by atoms with Gasteiger partial charge in [0, 0.05) is 18.3 Å². The van der Waals surface area contributed by atoms with Gasteiger partial charge in [-0.1, -0.05) is 55.4 Å². The Kier molecular flexibility index (Phi) is 8.38. The van der Waals surface area contributed by atoms with Gasteiger partial charge in [0.25, 0.3) is 11.8 Å². The Bertz CT molecular complexity index is 1050. The van der Waals surface area contributed by atoms with Crippen LogP contribution >= 0.6 is 0 Å². The molecule has 0 aromatic heterocycles.